The highest BCUT2D eigenvalue weighted by Gasteiger charge is 2.16. The molecule has 0 N–H and O–H groups in total. The molecule has 2 aromatic carbocycles. The van der Waals surface area contributed by atoms with Crippen molar-refractivity contribution in [2.45, 2.75) is 129 Å². The summed E-state index contributed by atoms with van der Waals surface area (Å²) in [6.07, 6.45) is 20.0. The molecule has 0 heterocycles. The molecule has 3 nitrogen and oxygen atoms in total. The minimum absolute atomic E-state index is 0.116. The Morgan fingerprint density at radius 3 is 1.75 bits per heavy atom. The maximum absolute atomic E-state index is 12.4. The summed E-state index contributed by atoms with van der Waals surface area (Å²) in [6, 6.07) is 17.9. The second-order valence-corrected chi connectivity index (χ2v) is 10.1. The van der Waals surface area contributed by atoms with Crippen LogP contribution in [0.5, 0.6) is 5.75 Å². The van der Waals surface area contributed by atoms with Gasteiger partial charge in [-0.3, -0.25) is 4.79 Å². The molecule has 0 saturated carbocycles. The van der Waals surface area contributed by atoms with Gasteiger partial charge in [0.05, 0.1) is 0 Å². The third-order valence-electron chi connectivity index (χ3n) is 6.89. The molecule has 0 aliphatic rings. The van der Waals surface area contributed by atoms with E-state index >= 15 is 0 Å². The topological polar surface area (TPSA) is 35.5 Å². The van der Waals surface area contributed by atoms with Crippen LogP contribution in [0.3, 0.4) is 0 Å². The highest BCUT2D eigenvalue weighted by molar-refractivity contribution is 5.69. The monoisotopic (exact) mass is 494 g/mol. The lowest BCUT2D eigenvalue weighted by Crippen LogP contribution is -2.10. The Labute approximate surface area is 221 Å². The lowest BCUT2D eigenvalue weighted by molar-refractivity contribution is -0.148. The van der Waals surface area contributed by atoms with E-state index in [0.29, 0.717) is 13.0 Å². The fraction of sp³-hybridized carbons (Fsp3) is 0.606. The highest BCUT2D eigenvalue weighted by atomic mass is 16.5. The predicted octanol–water partition coefficient (Wildman–Crippen LogP) is 10.1. The zero-order valence-electron chi connectivity index (χ0n) is 23.0. The van der Waals surface area contributed by atoms with E-state index in [1.165, 1.54) is 83.5 Å². The minimum Gasteiger partial charge on any atom is -0.488 e. The third-order valence-corrected chi connectivity index (χ3v) is 6.89. The number of ether oxygens (including phenoxy) is 2. The van der Waals surface area contributed by atoms with Gasteiger partial charge in [-0.25, -0.2) is 0 Å². The Balaban J connectivity index is 1.50. The van der Waals surface area contributed by atoms with Gasteiger partial charge in [0.2, 0.25) is 0 Å². The van der Waals surface area contributed by atoms with Gasteiger partial charge in [-0.2, -0.15) is 0 Å². The van der Waals surface area contributed by atoms with Gasteiger partial charge in [-0.15, -0.1) is 0 Å². The first-order chi connectivity index (χ1) is 17.7. The van der Waals surface area contributed by atoms with Gasteiger partial charge in [-0.1, -0.05) is 145 Å². The molecule has 0 saturated heterocycles. The summed E-state index contributed by atoms with van der Waals surface area (Å²) in [5.74, 6) is 0.656. The molecule has 0 radical (unpaired) electrons. The predicted molar refractivity (Wildman–Crippen MR) is 151 cm³/mol. The number of hydrogen-bond acceptors (Lipinski definition) is 3. The van der Waals surface area contributed by atoms with E-state index in [-0.39, 0.29) is 12.1 Å². The van der Waals surface area contributed by atoms with Crippen LogP contribution >= 0.6 is 0 Å². The van der Waals surface area contributed by atoms with Crippen LogP contribution in [0.1, 0.15) is 134 Å². The van der Waals surface area contributed by atoms with Crippen molar-refractivity contribution in [1.29, 1.82) is 0 Å². The third kappa shape index (κ3) is 13.7. The Hall–Kier alpha value is -2.29. The fourth-order valence-electron chi connectivity index (χ4n) is 4.64. The molecular weight excluding hydrogens is 444 g/mol. The van der Waals surface area contributed by atoms with Crippen LogP contribution in [0, 0.1) is 0 Å². The number of unbranched alkanes of at least 4 members (excludes halogenated alkanes) is 14. The molecule has 0 aromatic heterocycles. The summed E-state index contributed by atoms with van der Waals surface area (Å²) in [5, 5.41) is 0. The highest BCUT2D eigenvalue weighted by Crippen LogP contribution is 2.28. The van der Waals surface area contributed by atoms with Crippen LogP contribution < -0.4 is 4.74 Å². The number of carbonyl (C=O) groups excluding carboxylic acids is 1. The number of para-hydroxylation sites is 1. The summed E-state index contributed by atoms with van der Waals surface area (Å²) in [7, 11) is 0. The maximum Gasteiger partial charge on any atom is 0.306 e. The first kappa shape index (κ1) is 29.9. The lowest BCUT2D eigenvalue weighted by atomic mass is 10.0. The van der Waals surface area contributed by atoms with Crippen LogP contribution in [-0.2, 0) is 16.1 Å². The van der Waals surface area contributed by atoms with Crippen molar-refractivity contribution < 1.29 is 14.3 Å². The quantitative estimate of drug-likeness (QED) is 0.128. The van der Waals surface area contributed by atoms with Crippen LogP contribution in [0.4, 0.5) is 0 Å². The first-order valence-corrected chi connectivity index (χ1v) is 14.7. The van der Waals surface area contributed by atoms with E-state index in [2.05, 4.69) is 6.92 Å². The number of esters is 1. The van der Waals surface area contributed by atoms with Crippen LogP contribution in [0.25, 0.3) is 0 Å². The maximum atomic E-state index is 12.4. The SMILES string of the molecule is CCCCCCCCCCCCCCCCCC(=O)OC(C)c1ccccc1OCc1ccccc1. The lowest BCUT2D eigenvalue weighted by Gasteiger charge is -2.18. The second-order valence-electron chi connectivity index (χ2n) is 10.1. The Morgan fingerprint density at radius 2 is 1.17 bits per heavy atom. The second kappa shape index (κ2) is 19.8. The van der Waals surface area contributed by atoms with Crippen LogP contribution in [0.2, 0.25) is 0 Å². The standard InChI is InChI=1S/C33H50O3/c1-3-4-5-6-7-8-9-10-11-12-13-14-15-16-20-27-33(34)36-29(2)31-25-21-22-26-32(31)35-28-30-23-18-17-19-24-30/h17-19,21-26,29H,3-16,20,27-28H2,1-2H3. The zero-order chi connectivity index (χ0) is 25.7. The van der Waals surface area contributed by atoms with E-state index < -0.39 is 0 Å². The molecule has 0 spiro atoms. The normalized spacial score (nSPS) is 11.8. The summed E-state index contributed by atoms with van der Waals surface area (Å²) < 4.78 is 11.8. The first-order valence-electron chi connectivity index (χ1n) is 14.7. The van der Waals surface area contributed by atoms with Crippen molar-refractivity contribution in [2.24, 2.45) is 0 Å². The molecule has 0 fully saturated rings. The average molecular weight is 495 g/mol. The molecule has 200 valence electrons. The van der Waals surface area contributed by atoms with Gasteiger partial charge in [0.1, 0.15) is 18.5 Å². The Kier molecular flexibility index (Phi) is 16.5. The van der Waals surface area contributed by atoms with Crippen molar-refractivity contribution in [2.75, 3.05) is 0 Å². The summed E-state index contributed by atoms with van der Waals surface area (Å²) >= 11 is 0. The van der Waals surface area contributed by atoms with E-state index in [9.17, 15) is 4.79 Å². The van der Waals surface area contributed by atoms with Crippen molar-refractivity contribution in [3.05, 3.63) is 65.7 Å². The minimum atomic E-state index is -0.319. The van der Waals surface area contributed by atoms with Gasteiger partial charge in [0.25, 0.3) is 0 Å². The van der Waals surface area contributed by atoms with E-state index in [0.717, 1.165) is 29.7 Å². The number of benzene rings is 2. The van der Waals surface area contributed by atoms with Crippen molar-refractivity contribution in [1.82, 2.24) is 0 Å². The number of rotatable bonds is 21. The van der Waals surface area contributed by atoms with Crippen LogP contribution in [0.15, 0.2) is 54.6 Å². The molecule has 1 unspecified atom stereocenters. The fourth-order valence-corrected chi connectivity index (χ4v) is 4.64. The molecular formula is C33H50O3. The molecule has 0 bridgehead atoms. The molecule has 0 aliphatic carbocycles. The van der Waals surface area contributed by atoms with Crippen molar-refractivity contribution >= 4 is 5.97 Å². The van der Waals surface area contributed by atoms with E-state index in [1.807, 2.05) is 61.5 Å². The largest absolute Gasteiger partial charge is 0.488 e. The Bertz CT molecular complexity index is 802. The van der Waals surface area contributed by atoms with Gasteiger partial charge in [0, 0.05) is 12.0 Å². The summed E-state index contributed by atoms with van der Waals surface area (Å²) in [6.45, 7) is 4.70. The molecule has 36 heavy (non-hydrogen) atoms. The zero-order valence-corrected chi connectivity index (χ0v) is 23.0. The van der Waals surface area contributed by atoms with Crippen molar-refractivity contribution in [3.8, 4) is 5.75 Å². The molecule has 2 aromatic rings. The van der Waals surface area contributed by atoms with Gasteiger partial charge >= 0.3 is 5.97 Å². The molecule has 0 amide bonds. The van der Waals surface area contributed by atoms with E-state index in [1.54, 1.807) is 0 Å². The van der Waals surface area contributed by atoms with Crippen molar-refractivity contribution in [3.63, 3.8) is 0 Å². The summed E-state index contributed by atoms with van der Waals surface area (Å²) in [5.41, 5.74) is 2.03. The van der Waals surface area contributed by atoms with Gasteiger partial charge < -0.3 is 9.47 Å². The smallest absolute Gasteiger partial charge is 0.306 e. The Morgan fingerprint density at radius 1 is 0.667 bits per heavy atom. The summed E-state index contributed by atoms with van der Waals surface area (Å²) in [4.78, 5) is 12.4. The van der Waals surface area contributed by atoms with Gasteiger partial charge in [0.15, 0.2) is 0 Å². The number of carbonyl (C=O) groups is 1. The molecule has 0 aliphatic heterocycles. The molecule has 2 rings (SSSR count). The van der Waals surface area contributed by atoms with Gasteiger partial charge in [-0.05, 0) is 25.0 Å². The average Bonchev–Trinajstić information content (AvgIpc) is 2.90. The molecule has 3 heteroatoms. The molecule has 1 atom stereocenters. The number of hydrogen-bond donors (Lipinski definition) is 0. The van der Waals surface area contributed by atoms with E-state index in [4.69, 9.17) is 9.47 Å². The van der Waals surface area contributed by atoms with Crippen LogP contribution in [-0.4, -0.2) is 5.97 Å².